The van der Waals surface area contributed by atoms with Gasteiger partial charge >= 0.3 is 0 Å². The van der Waals surface area contributed by atoms with Crippen LogP contribution in [-0.4, -0.2) is 21.4 Å². The molecule has 5 aromatic carbocycles. The molecular formula is C35H29Cl2N3O4S. The van der Waals surface area contributed by atoms with Crippen molar-refractivity contribution in [3.63, 3.8) is 0 Å². The SMILES string of the molecule is COc1ccc(N2C(=O)c3cc(S(=O)(=O)Nc4ccc(C)cc4)ccc3N(Cc3ccccc3)[C@H]2c2ccc(Cl)c(Cl)c2)cc1. The van der Waals surface area contributed by atoms with Crippen molar-refractivity contribution in [3.05, 3.63) is 148 Å². The van der Waals surface area contributed by atoms with Gasteiger partial charge in [0.1, 0.15) is 11.9 Å². The number of methoxy groups -OCH3 is 1. The zero-order valence-corrected chi connectivity index (χ0v) is 26.8. The van der Waals surface area contributed by atoms with E-state index in [-0.39, 0.29) is 16.4 Å². The Morgan fingerprint density at radius 3 is 2.20 bits per heavy atom. The number of nitrogens with one attached hydrogen (secondary N) is 1. The normalized spacial score (nSPS) is 14.7. The molecule has 1 amide bonds. The van der Waals surface area contributed by atoms with Crippen molar-refractivity contribution < 1.29 is 17.9 Å². The Balaban J connectivity index is 1.53. The Morgan fingerprint density at radius 2 is 1.53 bits per heavy atom. The average Bonchev–Trinajstić information content (AvgIpc) is 3.05. The van der Waals surface area contributed by atoms with Crippen LogP contribution in [0.15, 0.2) is 120 Å². The second-order valence-electron chi connectivity index (χ2n) is 10.7. The number of carbonyl (C=O) groups excluding carboxylic acids is 1. The average molecular weight is 659 g/mol. The first kappa shape index (κ1) is 30.5. The number of nitrogens with zero attached hydrogens (tertiary/aromatic N) is 2. The van der Waals surface area contributed by atoms with E-state index in [9.17, 15) is 13.2 Å². The Kier molecular flexibility index (Phi) is 8.46. The lowest BCUT2D eigenvalue weighted by molar-refractivity contribution is 0.0968. The van der Waals surface area contributed by atoms with E-state index in [4.69, 9.17) is 27.9 Å². The fourth-order valence-electron chi connectivity index (χ4n) is 5.41. The molecular weight excluding hydrogens is 629 g/mol. The summed E-state index contributed by atoms with van der Waals surface area (Å²) in [6.45, 7) is 2.33. The third-order valence-corrected chi connectivity index (χ3v) is 9.79. The maximum Gasteiger partial charge on any atom is 0.262 e. The highest BCUT2D eigenvalue weighted by molar-refractivity contribution is 7.92. The maximum absolute atomic E-state index is 14.6. The zero-order valence-electron chi connectivity index (χ0n) is 24.4. The smallest absolute Gasteiger partial charge is 0.262 e. The molecule has 0 saturated carbocycles. The number of ether oxygens (including phenoxy) is 1. The minimum Gasteiger partial charge on any atom is -0.497 e. The van der Waals surface area contributed by atoms with Gasteiger partial charge in [-0.2, -0.15) is 0 Å². The second kappa shape index (κ2) is 12.5. The molecule has 1 atom stereocenters. The molecule has 1 aliphatic rings. The number of benzene rings is 5. The molecule has 1 N–H and O–H groups in total. The lowest BCUT2D eigenvalue weighted by atomic mass is 9.99. The fraction of sp³-hybridized carbons (Fsp3) is 0.114. The van der Waals surface area contributed by atoms with Gasteiger partial charge in [0.15, 0.2) is 0 Å². The maximum atomic E-state index is 14.6. The van der Waals surface area contributed by atoms with E-state index < -0.39 is 16.2 Å². The summed E-state index contributed by atoms with van der Waals surface area (Å²) in [6, 6.07) is 34.0. The number of carbonyl (C=O) groups is 1. The Hall–Kier alpha value is -4.50. The van der Waals surface area contributed by atoms with E-state index >= 15 is 0 Å². The van der Waals surface area contributed by atoms with Gasteiger partial charge in [-0.05, 0) is 84.8 Å². The van der Waals surface area contributed by atoms with E-state index in [1.165, 1.54) is 12.1 Å². The van der Waals surface area contributed by atoms with E-state index in [0.29, 0.717) is 39.4 Å². The van der Waals surface area contributed by atoms with Crippen LogP contribution in [0.4, 0.5) is 17.1 Å². The molecule has 45 heavy (non-hydrogen) atoms. The van der Waals surface area contributed by atoms with Crippen molar-refractivity contribution >= 4 is 56.2 Å². The highest BCUT2D eigenvalue weighted by atomic mass is 35.5. The molecule has 0 saturated heterocycles. The predicted octanol–water partition coefficient (Wildman–Crippen LogP) is 8.48. The third-order valence-electron chi connectivity index (χ3n) is 7.67. The van der Waals surface area contributed by atoms with Crippen molar-refractivity contribution in [3.8, 4) is 5.75 Å². The van der Waals surface area contributed by atoms with Crippen LogP contribution in [0.2, 0.25) is 10.0 Å². The van der Waals surface area contributed by atoms with E-state index in [1.54, 1.807) is 66.6 Å². The molecule has 0 bridgehead atoms. The monoisotopic (exact) mass is 657 g/mol. The molecule has 6 rings (SSSR count). The third kappa shape index (κ3) is 6.22. The molecule has 5 aromatic rings. The van der Waals surface area contributed by atoms with Crippen LogP contribution in [0.3, 0.4) is 0 Å². The molecule has 0 spiro atoms. The van der Waals surface area contributed by atoms with Gasteiger partial charge in [-0.25, -0.2) is 8.42 Å². The van der Waals surface area contributed by atoms with Gasteiger partial charge in [0.05, 0.1) is 33.3 Å². The first-order chi connectivity index (χ1) is 21.6. The lowest BCUT2D eigenvalue weighted by Gasteiger charge is -2.46. The number of hydrogen-bond donors (Lipinski definition) is 1. The molecule has 7 nitrogen and oxygen atoms in total. The van der Waals surface area contributed by atoms with Gasteiger partial charge in [0.25, 0.3) is 15.9 Å². The standard InChI is InChI=1S/C35H29Cl2N3O4S/c1-23-8-11-26(12-9-23)38-45(42,43)29-17-19-33-30(21-29)35(41)40(27-13-15-28(44-2)16-14-27)34(25-10-18-31(36)32(37)20-25)39(33)22-24-6-4-3-5-7-24/h3-21,34,38H,22H2,1-2H3/t34-/m1/s1. The van der Waals surface area contributed by atoms with Gasteiger partial charge in [-0.3, -0.25) is 14.4 Å². The van der Waals surface area contributed by atoms with Gasteiger partial charge < -0.3 is 9.64 Å². The first-order valence-corrected chi connectivity index (χ1v) is 16.4. The van der Waals surface area contributed by atoms with Crippen LogP contribution < -0.4 is 19.3 Å². The van der Waals surface area contributed by atoms with Crippen molar-refractivity contribution in [2.45, 2.75) is 24.5 Å². The molecule has 0 aliphatic carbocycles. The Labute approximate surface area is 272 Å². The summed E-state index contributed by atoms with van der Waals surface area (Å²) in [6.07, 6.45) is -0.651. The van der Waals surface area contributed by atoms with Crippen LogP contribution in [0, 0.1) is 6.92 Å². The molecule has 10 heteroatoms. The van der Waals surface area contributed by atoms with Crippen LogP contribution >= 0.6 is 23.2 Å². The summed E-state index contributed by atoms with van der Waals surface area (Å²) >= 11 is 12.8. The topological polar surface area (TPSA) is 78.9 Å². The van der Waals surface area contributed by atoms with Crippen LogP contribution in [0.5, 0.6) is 5.75 Å². The van der Waals surface area contributed by atoms with Crippen LogP contribution in [0.25, 0.3) is 0 Å². The molecule has 0 radical (unpaired) electrons. The molecule has 228 valence electrons. The quantitative estimate of drug-likeness (QED) is 0.181. The highest BCUT2D eigenvalue weighted by Gasteiger charge is 2.40. The summed E-state index contributed by atoms with van der Waals surface area (Å²) in [5.41, 5.74) is 4.57. The molecule has 0 unspecified atom stereocenters. The van der Waals surface area contributed by atoms with Crippen molar-refractivity contribution in [2.24, 2.45) is 0 Å². The summed E-state index contributed by atoms with van der Waals surface area (Å²) in [4.78, 5) is 18.3. The molecule has 1 heterocycles. The van der Waals surface area contributed by atoms with Crippen LogP contribution in [0.1, 0.15) is 33.2 Å². The molecule has 0 aromatic heterocycles. The summed E-state index contributed by atoms with van der Waals surface area (Å²) < 4.78 is 35.1. The summed E-state index contributed by atoms with van der Waals surface area (Å²) in [7, 11) is -2.44. The minimum absolute atomic E-state index is 0.0301. The van der Waals surface area contributed by atoms with Crippen molar-refractivity contribution in [2.75, 3.05) is 21.6 Å². The number of sulfonamides is 1. The van der Waals surface area contributed by atoms with Crippen LogP contribution in [-0.2, 0) is 16.6 Å². The molecule has 0 fully saturated rings. The highest BCUT2D eigenvalue weighted by Crippen LogP contribution is 2.44. The number of halogens is 2. The van der Waals surface area contributed by atoms with E-state index in [1.807, 2.05) is 55.5 Å². The predicted molar refractivity (Wildman–Crippen MR) is 180 cm³/mol. The van der Waals surface area contributed by atoms with E-state index in [2.05, 4.69) is 9.62 Å². The first-order valence-electron chi connectivity index (χ1n) is 14.1. The van der Waals surface area contributed by atoms with Crippen molar-refractivity contribution in [1.29, 1.82) is 0 Å². The fourth-order valence-corrected chi connectivity index (χ4v) is 6.80. The Bertz CT molecular complexity index is 1970. The second-order valence-corrected chi connectivity index (χ2v) is 13.2. The zero-order chi connectivity index (χ0) is 31.7. The Morgan fingerprint density at radius 1 is 0.822 bits per heavy atom. The number of amides is 1. The van der Waals surface area contributed by atoms with Gasteiger partial charge in [-0.15, -0.1) is 0 Å². The largest absolute Gasteiger partial charge is 0.497 e. The number of hydrogen-bond acceptors (Lipinski definition) is 5. The summed E-state index contributed by atoms with van der Waals surface area (Å²) in [5, 5.41) is 0.745. The summed E-state index contributed by atoms with van der Waals surface area (Å²) in [5.74, 6) is 0.259. The lowest BCUT2D eigenvalue weighted by Crippen LogP contribution is -2.49. The number of anilines is 3. The van der Waals surface area contributed by atoms with Gasteiger partial charge in [-0.1, -0.05) is 77.3 Å². The number of rotatable bonds is 8. The molecule has 1 aliphatic heterocycles. The van der Waals surface area contributed by atoms with E-state index in [0.717, 1.165) is 16.7 Å². The minimum atomic E-state index is -4.01. The number of aryl methyl sites for hydroxylation is 1. The van der Waals surface area contributed by atoms with Crippen molar-refractivity contribution in [1.82, 2.24) is 0 Å². The van der Waals surface area contributed by atoms with Gasteiger partial charge in [0, 0.05) is 17.9 Å². The number of fused-ring (bicyclic) bond motifs is 1. The van der Waals surface area contributed by atoms with Gasteiger partial charge in [0.2, 0.25) is 0 Å².